The van der Waals surface area contributed by atoms with E-state index in [4.69, 9.17) is 0 Å². The van der Waals surface area contributed by atoms with E-state index in [-0.39, 0.29) is 29.4 Å². The molecule has 1 saturated carbocycles. The van der Waals surface area contributed by atoms with Gasteiger partial charge in [0.15, 0.2) is 0 Å². The third-order valence-electron chi connectivity index (χ3n) is 3.68. The molecule has 1 aromatic rings. The highest BCUT2D eigenvalue weighted by Gasteiger charge is 2.34. The van der Waals surface area contributed by atoms with E-state index >= 15 is 0 Å². The van der Waals surface area contributed by atoms with Gasteiger partial charge in [-0.15, -0.1) is 0 Å². The number of carbonyl (C=O) groups excluding carboxylic acids is 1. The van der Waals surface area contributed by atoms with Gasteiger partial charge in [-0.3, -0.25) is 4.79 Å². The topological polar surface area (TPSA) is 69.6 Å². The number of amides is 1. The lowest BCUT2D eigenvalue weighted by Gasteiger charge is -2.37. The maximum Gasteiger partial charge on any atom is 0.255 e. The average molecular weight is 267 g/mol. The molecule has 0 unspecified atom stereocenters. The van der Waals surface area contributed by atoms with E-state index in [9.17, 15) is 19.4 Å². The predicted molar refractivity (Wildman–Crippen MR) is 68.3 cm³/mol. The van der Waals surface area contributed by atoms with Crippen LogP contribution in [0.25, 0.3) is 0 Å². The van der Waals surface area contributed by atoms with Crippen LogP contribution < -0.4 is 5.32 Å². The molecule has 104 valence electrons. The zero-order valence-corrected chi connectivity index (χ0v) is 10.8. The molecule has 0 radical (unpaired) electrons. The highest BCUT2D eigenvalue weighted by Crippen LogP contribution is 2.31. The Morgan fingerprint density at radius 3 is 2.79 bits per heavy atom. The van der Waals surface area contributed by atoms with Gasteiger partial charge in [-0.1, -0.05) is 6.92 Å². The lowest BCUT2D eigenvalue weighted by molar-refractivity contribution is 0.0232. The smallest absolute Gasteiger partial charge is 0.255 e. The third-order valence-corrected chi connectivity index (χ3v) is 3.68. The number of rotatable bonds is 4. The average Bonchev–Trinajstić information content (AvgIpc) is 2.35. The first-order valence-electron chi connectivity index (χ1n) is 6.48. The highest BCUT2D eigenvalue weighted by atomic mass is 19.1. The molecule has 1 aliphatic rings. The van der Waals surface area contributed by atoms with E-state index in [1.54, 1.807) is 0 Å². The second-order valence-corrected chi connectivity index (χ2v) is 5.03. The molecular formula is C14H18FNO3. The molecule has 0 aliphatic heterocycles. The van der Waals surface area contributed by atoms with Crippen LogP contribution in [0.4, 0.5) is 4.39 Å². The second kappa shape index (κ2) is 5.57. The van der Waals surface area contributed by atoms with E-state index in [1.165, 1.54) is 0 Å². The van der Waals surface area contributed by atoms with E-state index < -0.39 is 11.7 Å². The van der Waals surface area contributed by atoms with Crippen molar-refractivity contribution in [3.8, 4) is 5.75 Å². The zero-order chi connectivity index (χ0) is 14.0. The Balaban J connectivity index is 2.05. The van der Waals surface area contributed by atoms with Crippen LogP contribution in [0.15, 0.2) is 18.2 Å². The summed E-state index contributed by atoms with van der Waals surface area (Å²) in [4.78, 5) is 12.0. The quantitative estimate of drug-likeness (QED) is 0.779. The van der Waals surface area contributed by atoms with Gasteiger partial charge in [-0.25, -0.2) is 4.39 Å². The molecule has 2 rings (SSSR count). The minimum absolute atomic E-state index is 0.0569. The number of aliphatic hydroxyl groups is 1. The Morgan fingerprint density at radius 1 is 1.53 bits per heavy atom. The number of aromatic hydroxyl groups is 1. The Labute approximate surface area is 111 Å². The number of hydrogen-bond donors (Lipinski definition) is 3. The normalized spacial score (nSPS) is 23.5. The summed E-state index contributed by atoms with van der Waals surface area (Å²) in [5.74, 6) is -1.03. The SMILES string of the molecule is CC[C@@H](NC(=O)c1cc(F)ccc1O)C1CC(O)C1. The maximum absolute atomic E-state index is 13.1. The molecule has 0 aromatic heterocycles. The molecule has 1 fully saturated rings. The highest BCUT2D eigenvalue weighted by molar-refractivity contribution is 5.97. The molecule has 1 aromatic carbocycles. The van der Waals surface area contributed by atoms with Crippen molar-refractivity contribution in [2.24, 2.45) is 5.92 Å². The predicted octanol–water partition coefficient (Wildman–Crippen LogP) is 1.81. The van der Waals surface area contributed by atoms with Crippen LogP contribution in [-0.2, 0) is 0 Å². The van der Waals surface area contributed by atoms with Gasteiger partial charge in [0.05, 0.1) is 11.7 Å². The van der Waals surface area contributed by atoms with Gasteiger partial charge in [0.25, 0.3) is 5.91 Å². The summed E-state index contributed by atoms with van der Waals surface area (Å²) in [5, 5.41) is 21.7. The van der Waals surface area contributed by atoms with Crippen LogP contribution in [0.2, 0.25) is 0 Å². The van der Waals surface area contributed by atoms with Gasteiger partial charge in [0, 0.05) is 6.04 Å². The molecule has 0 bridgehead atoms. The van der Waals surface area contributed by atoms with Crippen molar-refractivity contribution in [1.82, 2.24) is 5.32 Å². The van der Waals surface area contributed by atoms with Crippen LogP contribution in [0.3, 0.4) is 0 Å². The van der Waals surface area contributed by atoms with Crippen molar-refractivity contribution in [3.05, 3.63) is 29.6 Å². The number of phenols is 1. The number of halogens is 1. The molecular weight excluding hydrogens is 249 g/mol. The Morgan fingerprint density at radius 2 is 2.21 bits per heavy atom. The minimum atomic E-state index is -0.560. The molecule has 0 heterocycles. The van der Waals surface area contributed by atoms with Gasteiger partial charge < -0.3 is 15.5 Å². The van der Waals surface area contributed by atoms with Crippen molar-refractivity contribution in [1.29, 1.82) is 0 Å². The van der Waals surface area contributed by atoms with Gasteiger partial charge in [0.1, 0.15) is 11.6 Å². The first kappa shape index (κ1) is 13.8. The zero-order valence-electron chi connectivity index (χ0n) is 10.8. The summed E-state index contributed by atoms with van der Waals surface area (Å²) >= 11 is 0. The number of benzene rings is 1. The van der Waals surface area contributed by atoms with E-state index in [1.807, 2.05) is 6.92 Å². The van der Waals surface area contributed by atoms with Crippen molar-refractivity contribution >= 4 is 5.91 Å². The lowest BCUT2D eigenvalue weighted by Crippen LogP contribution is -2.46. The summed E-state index contributed by atoms with van der Waals surface area (Å²) in [6.07, 6.45) is 1.81. The van der Waals surface area contributed by atoms with Gasteiger partial charge in [0.2, 0.25) is 0 Å². The number of hydrogen-bond acceptors (Lipinski definition) is 3. The summed E-state index contributed by atoms with van der Waals surface area (Å²) in [7, 11) is 0. The maximum atomic E-state index is 13.1. The van der Waals surface area contributed by atoms with Crippen LogP contribution in [0.5, 0.6) is 5.75 Å². The van der Waals surface area contributed by atoms with Crippen molar-refractivity contribution in [2.75, 3.05) is 0 Å². The third kappa shape index (κ3) is 3.04. The van der Waals surface area contributed by atoms with Crippen molar-refractivity contribution in [2.45, 2.75) is 38.3 Å². The second-order valence-electron chi connectivity index (χ2n) is 5.03. The van der Waals surface area contributed by atoms with Crippen molar-refractivity contribution < 1.29 is 19.4 Å². The number of phenolic OH excluding ortho intramolecular Hbond substituents is 1. The van der Waals surface area contributed by atoms with Gasteiger partial charge >= 0.3 is 0 Å². The molecule has 4 nitrogen and oxygen atoms in total. The van der Waals surface area contributed by atoms with Gasteiger partial charge in [-0.05, 0) is 43.4 Å². The number of aliphatic hydroxyl groups excluding tert-OH is 1. The standard InChI is InChI=1S/C14H18FNO3/c1-2-12(8-5-10(17)6-8)16-14(19)11-7-9(15)3-4-13(11)18/h3-4,7-8,10,12,17-18H,2,5-6H2,1H3,(H,16,19)/t8?,10?,12-/m1/s1. The first-order valence-corrected chi connectivity index (χ1v) is 6.48. The van der Waals surface area contributed by atoms with Crippen LogP contribution >= 0.6 is 0 Å². The summed E-state index contributed by atoms with van der Waals surface area (Å²) in [6, 6.07) is 3.23. The first-order chi connectivity index (χ1) is 9.01. The largest absolute Gasteiger partial charge is 0.507 e. The number of nitrogens with one attached hydrogen (secondary N) is 1. The van der Waals surface area contributed by atoms with Crippen molar-refractivity contribution in [3.63, 3.8) is 0 Å². The molecule has 3 N–H and O–H groups in total. The Bertz CT molecular complexity index is 472. The molecule has 0 spiro atoms. The fourth-order valence-electron chi connectivity index (χ4n) is 2.45. The fraction of sp³-hybridized carbons (Fsp3) is 0.500. The number of carbonyl (C=O) groups is 1. The van der Waals surface area contributed by atoms with E-state index in [2.05, 4.69) is 5.32 Å². The van der Waals surface area contributed by atoms with E-state index in [0.717, 1.165) is 24.6 Å². The Kier molecular flexibility index (Phi) is 4.04. The molecule has 1 atom stereocenters. The minimum Gasteiger partial charge on any atom is -0.507 e. The Hall–Kier alpha value is -1.62. The van der Waals surface area contributed by atoms with Crippen LogP contribution in [-0.4, -0.2) is 28.3 Å². The molecule has 0 saturated heterocycles. The van der Waals surface area contributed by atoms with E-state index in [0.29, 0.717) is 12.8 Å². The van der Waals surface area contributed by atoms with Gasteiger partial charge in [-0.2, -0.15) is 0 Å². The molecule has 19 heavy (non-hydrogen) atoms. The fourth-order valence-corrected chi connectivity index (χ4v) is 2.45. The molecule has 1 amide bonds. The molecule has 5 heteroatoms. The lowest BCUT2D eigenvalue weighted by atomic mass is 9.76. The summed E-state index contributed by atoms with van der Waals surface area (Å²) in [6.45, 7) is 1.95. The van der Waals surface area contributed by atoms with Crippen LogP contribution in [0, 0.1) is 11.7 Å². The monoisotopic (exact) mass is 267 g/mol. The van der Waals surface area contributed by atoms with Crippen LogP contribution in [0.1, 0.15) is 36.5 Å². The summed E-state index contributed by atoms with van der Waals surface area (Å²) in [5.41, 5.74) is -0.0571. The summed E-state index contributed by atoms with van der Waals surface area (Å²) < 4.78 is 13.1. The molecule has 1 aliphatic carbocycles.